The third-order valence-electron chi connectivity index (χ3n) is 5.84. The van der Waals surface area contributed by atoms with Gasteiger partial charge in [-0.15, -0.1) is 11.3 Å². The van der Waals surface area contributed by atoms with E-state index >= 15 is 0 Å². The van der Waals surface area contributed by atoms with Gasteiger partial charge in [-0.3, -0.25) is 0 Å². The van der Waals surface area contributed by atoms with Crippen molar-refractivity contribution in [2.75, 3.05) is 18.0 Å². The van der Waals surface area contributed by atoms with Crippen LogP contribution in [0.25, 0.3) is 11.3 Å². The maximum Gasteiger partial charge on any atom is 0.185 e. The molecule has 0 radical (unpaired) electrons. The van der Waals surface area contributed by atoms with Crippen molar-refractivity contribution >= 4 is 26.3 Å². The number of benzene rings is 2. The van der Waals surface area contributed by atoms with Gasteiger partial charge in [-0.1, -0.05) is 24.3 Å². The normalized spacial score (nSPS) is 15.5. The topological polar surface area (TPSA) is 50.3 Å². The van der Waals surface area contributed by atoms with E-state index < -0.39 is 20.9 Å². The van der Waals surface area contributed by atoms with Gasteiger partial charge in [0.15, 0.2) is 15.0 Å². The van der Waals surface area contributed by atoms with Crippen molar-refractivity contribution in [1.29, 1.82) is 0 Å². The average Bonchev–Trinajstić information content (AvgIpc) is 3.19. The summed E-state index contributed by atoms with van der Waals surface area (Å²) in [5.74, 6) is -0.515. The monoisotopic (exact) mass is 444 g/mol. The molecule has 30 heavy (non-hydrogen) atoms. The Kier molecular flexibility index (Phi) is 5.68. The Hall–Kier alpha value is -2.25. The number of piperidine rings is 1. The zero-order chi connectivity index (χ0) is 21.5. The maximum atomic E-state index is 13.6. The van der Waals surface area contributed by atoms with Gasteiger partial charge in [0.2, 0.25) is 0 Å². The molecule has 0 amide bonds. The lowest BCUT2D eigenvalue weighted by Gasteiger charge is -2.31. The predicted octanol–water partition coefficient (Wildman–Crippen LogP) is 5.32. The van der Waals surface area contributed by atoms with Crippen LogP contribution in [0.3, 0.4) is 0 Å². The molecule has 0 bridgehead atoms. The van der Waals surface area contributed by atoms with Gasteiger partial charge < -0.3 is 4.90 Å². The second kappa shape index (κ2) is 8.12. The lowest BCUT2D eigenvalue weighted by molar-refractivity contribution is 0.528. The van der Waals surface area contributed by atoms with E-state index in [1.807, 2.05) is 6.07 Å². The van der Waals surface area contributed by atoms with E-state index in [2.05, 4.69) is 36.3 Å². The molecule has 1 saturated heterocycles. The van der Waals surface area contributed by atoms with Crippen molar-refractivity contribution < 1.29 is 12.8 Å². The van der Waals surface area contributed by atoms with Crippen molar-refractivity contribution in [3.05, 3.63) is 64.3 Å². The number of halogens is 1. The average molecular weight is 445 g/mol. The second-order valence-electron chi connectivity index (χ2n) is 7.92. The van der Waals surface area contributed by atoms with Gasteiger partial charge in [0.05, 0.1) is 15.8 Å². The molecule has 2 aromatic carbocycles. The van der Waals surface area contributed by atoms with Crippen LogP contribution in [-0.2, 0) is 9.84 Å². The number of anilines is 1. The van der Waals surface area contributed by atoms with Crippen LogP contribution < -0.4 is 4.90 Å². The first kappa shape index (κ1) is 21.0. The van der Waals surface area contributed by atoms with Gasteiger partial charge >= 0.3 is 0 Å². The molecule has 158 valence electrons. The Morgan fingerprint density at radius 3 is 2.37 bits per heavy atom. The van der Waals surface area contributed by atoms with E-state index in [1.54, 1.807) is 18.3 Å². The first-order valence-corrected chi connectivity index (χ1v) is 12.5. The largest absolute Gasteiger partial charge is 0.348 e. The Labute approximate surface area is 181 Å². The Morgan fingerprint density at radius 2 is 1.70 bits per heavy atom. The van der Waals surface area contributed by atoms with E-state index in [4.69, 9.17) is 4.98 Å². The molecular formula is C23H25FN2O2S2. The van der Waals surface area contributed by atoms with E-state index in [1.165, 1.54) is 28.8 Å². The number of aromatic nitrogens is 1. The third-order valence-corrected chi connectivity index (χ3v) is 9.14. The van der Waals surface area contributed by atoms with Gasteiger partial charge in [0, 0.05) is 24.0 Å². The van der Waals surface area contributed by atoms with E-state index in [0.717, 1.165) is 16.9 Å². The number of hydrogen-bond acceptors (Lipinski definition) is 5. The van der Waals surface area contributed by atoms with Crippen LogP contribution in [-0.4, -0.2) is 31.7 Å². The SMILES string of the molecule is Cc1ccc(F)cc1S(=O)(=O)C1CCN(c2nc(-c3c(C)cccc3C)cs2)CC1. The number of sulfone groups is 1. The van der Waals surface area contributed by atoms with Crippen molar-refractivity contribution in [3.8, 4) is 11.3 Å². The van der Waals surface area contributed by atoms with Crippen LogP contribution in [0.2, 0.25) is 0 Å². The molecule has 1 aliphatic rings. The van der Waals surface area contributed by atoms with Gasteiger partial charge in [-0.2, -0.15) is 0 Å². The maximum absolute atomic E-state index is 13.6. The first-order chi connectivity index (χ1) is 14.3. The number of nitrogens with zero attached hydrogens (tertiary/aromatic N) is 2. The van der Waals surface area contributed by atoms with Crippen molar-refractivity contribution in [1.82, 2.24) is 4.98 Å². The molecule has 0 spiro atoms. The minimum absolute atomic E-state index is 0.118. The lowest BCUT2D eigenvalue weighted by atomic mass is 10.0. The van der Waals surface area contributed by atoms with Crippen LogP contribution in [0.4, 0.5) is 9.52 Å². The fraction of sp³-hybridized carbons (Fsp3) is 0.348. The van der Waals surface area contributed by atoms with Gasteiger partial charge in [-0.05, 0) is 62.4 Å². The molecule has 4 nitrogen and oxygen atoms in total. The van der Waals surface area contributed by atoms with E-state index in [9.17, 15) is 12.8 Å². The Bertz CT molecular complexity index is 1160. The van der Waals surface area contributed by atoms with E-state index in [-0.39, 0.29) is 4.90 Å². The Morgan fingerprint density at radius 1 is 1.03 bits per heavy atom. The summed E-state index contributed by atoms with van der Waals surface area (Å²) in [5, 5.41) is 2.50. The molecule has 7 heteroatoms. The minimum Gasteiger partial charge on any atom is -0.348 e. The third kappa shape index (κ3) is 3.88. The highest BCUT2D eigenvalue weighted by molar-refractivity contribution is 7.92. The smallest absolute Gasteiger partial charge is 0.185 e. The molecule has 1 aromatic heterocycles. The van der Waals surface area contributed by atoms with Crippen LogP contribution in [0.1, 0.15) is 29.5 Å². The molecule has 3 aromatic rings. The summed E-state index contributed by atoms with van der Waals surface area (Å²) >= 11 is 1.59. The summed E-state index contributed by atoms with van der Waals surface area (Å²) in [4.78, 5) is 7.12. The lowest BCUT2D eigenvalue weighted by Crippen LogP contribution is -2.39. The van der Waals surface area contributed by atoms with Crippen LogP contribution in [0, 0.1) is 26.6 Å². The summed E-state index contributed by atoms with van der Waals surface area (Å²) in [5.41, 5.74) is 5.12. The summed E-state index contributed by atoms with van der Waals surface area (Å²) in [7, 11) is -3.55. The van der Waals surface area contributed by atoms with Crippen molar-refractivity contribution in [2.24, 2.45) is 0 Å². The molecule has 0 saturated carbocycles. The zero-order valence-corrected chi connectivity index (χ0v) is 19.0. The molecule has 0 unspecified atom stereocenters. The summed E-state index contributed by atoms with van der Waals surface area (Å²) in [6, 6.07) is 10.2. The molecular weight excluding hydrogens is 419 g/mol. The predicted molar refractivity (Wildman–Crippen MR) is 121 cm³/mol. The molecule has 0 atom stereocenters. The molecule has 1 fully saturated rings. The highest BCUT2D eigenvalue weighted by atomic mass is 32.2. The van der Waals surface area contributed by atoms with Gasteiger partial charge in [0.1, 0.15) is 5.82 Å². The molecule has 0 N–H and O–H groups in total. The molecule has 0 aliphatic carbocycles. The zero-order valence-electron chi connectivity index (χ0n) is 17.4. The number of aryl methyl sites for hydroxylation is 3. The minimum atomic E-state index is -3.55. The second-order valence-corrected chi connectivity index (χ2v) is 11.0. The van der Waals surface area contributed by atoms with Crippen molar-refractivity contribution in [3.63, 3.8) is 0 Å². The highest BCUT2D eigenvalue weighted by Crippen LogP contribution is 2.34. The van der Waals surface area contributed by atoms with Crippen LogP contribution >= 0.6 is 11.3 Å². The molecule has 1 aliphatic heterocycles. The van der Waals surface area contributed by atoms with Gasteiger partial charge in [0.25, 0.3) is 0 Å². The number of thiazole rings is 1. The standard InChI is InChI=1S/C23H25FN2O2S2/c1-15-7-8-18(24)13-21(15)30(27,28)19-9-11-26(12-10-19)23-25-20(14-29-23)22-16(2)5-4-6-17(22)3/h4-8,13-14,19H,9-12H2,1-3H3. The summed E-state index contributed by atoms with van der Waals surface area (Å²) in [6.07, 6.45) is 1.02. The number of hydrogen-bond donors (Lipinski definition) is 0. The Balaban J connectivity index is 1.50. The van der Waals surface area contributed by atoms with Crippen LogP contribution in [0.15, 0.2) is 46.7 Å². The van der Waals surface area contributed by atoms with Crippen LogP contribution in [0.5, 0.6) is 0 Å². The molecule has 4 rings (SSSR count). The first-order valence-electron chi connectivity index (χ1n) is 10.0. The fourth-order valence-corrected chi connectivity index (χ4v) is 7.01. The quantitative estimate of drug-likeness (QED) is 0.547. The molecule has 2 heterocycles. The summed E-state index contributed by atoms with van der Waals surface area (Å²) < 4.78 is 39.8. The summed E-state index contributed by atoms with van der Waals surface area (Å²) in [6.45, 7) is 7.14. The fourth-order valence-electron chi connectivity index (χ4n) is 4.16. The highest BCUT2D eigenvalue weighted by Gasteiger charge is 2.33. The van der Waals surface area contributed by atoms with Crippen molar-refractivity contribution in [2.45, 2.75) is 43.8 Å². The van der Waals surface area contributed by atoms with E-state index in [0.29, 0.717) is 31.5 Å². The number of rotatable bonds is 4. The van der Waals surface area contributed by atoms with Gasteiger partial charge in [-0.25, -0.2) is 17.8 Å².